The van der Waals surface area contributed by atoms with Gasteiger partial charge in [-0.15, -0.1) is 0 Å². The molecule has 1 aromatic rings. The van der Waals surface area contributed by atoms with Crippen LogP contribution in [0.25, 0.3) is 0 Å². The van der Waals surface area contributed by atoms with Gasteiger partial charge in [0.2, 0.25) is 0 Å². The lowest BCUT2D eigenvalue weighted by atomic mass is 9.98. The maximum atomic E-state index is 12.9. The molecule has 3 atom stereocenters. The first-order valence-electron chi connectivity index (χ1n) is 9.56. The number of carbonyl (C=O) groups excluding carboxylic acids is 1. The van der Waals surface area contributed by atoms with Gasteiger partial charge in [0.05, 0.1) is 25.3 Å². The van der Waals surface area contributed by atoms with E-state index < -0.39 is 0 Å². The first-order valence-corrected chi connectivity index (χ1v) is 9.56. The van der Waals surface area contributed by atoms with E-state index in [-0.39, 0.29) is 24.3 Å². The van der Waals surface area contributed by atoms with Crippen molar-refractivity contribution in [1.29, 1.82) is 0 Å². The fourth-order valence-electron chi connectivity index (χ4n) is 4.02. The molecule has 3 fully saturated rings. The highest BCUT2D eigenvalue weighted by Gasteiger charge is 2.37. The molecule has 3 unspecified atom stereocenters. The Morgan fingerprint density at radius 3 is 2.68 bits per heavy atom. The summed E-state index contributed by atoms with van der Waals surface area (Å²) in [6.07, 6.45) is 4.68. The molecule has 3 aliphatic rings. The average Bonchev–Trinajstić information content (AvgIpc) is 3.33. The van der Waals surface area contributed by atoms with Gasteiger partial charge >= 0.3 is 6.03 Å². The van der Waals surface area contributed by atoms with Crippen LogP contribution >= 0.6 is 0 Å². The number of aryl methyl sites for hydroxylation is 1. The van der Waals surface area contributed by atoms with Crippen LogP contribution in [0.5, 0.6) is 0 Å². The van der Waals surface area contributed by atoms with Gasteiger partial charge in [0.15, 0.2) is 0 Å². The zero-order valence-corrected chi connectivity index (χ0v) is 14.9. The first kappa shape index (κ1) is 16.9. The number of hydrogen-bond acceptors (Lipinski definition) is 3. The fraction of sp³-hybridized carbons (Fsp3) is 0.650. The average molecular weight is 344 g/mol. The van der Waals surface area contributed by atoms with Gasteiger partial charge in [-0.3, -0.25) is 0 Å². The highest BCUT2D eigenvalue weighted by molar-refractivity contribution is 5.75. The molecular formula is C20H28N2O3. The fourth-order valence-corrected chi connectivity index (χ4v) is 4.02. The zero-order chi connectivity index (χ0) is 17.2. The molecule has 0 bridgehead atoms. The van der Waals surface area contributed by atoms with Gasteiger partial charge < -0.3 is 19.7 Å². The predicted octanol–water partition coefficient (Wildman–Crippen LogP) is 3.04. The molecule has 0 radical (unpaired) electrons. The molecule has 25 heavy (non-hydrogen) atoms. The molecule has 1 N–H and O–H groups in total. The van der Waals surface area contributed by atoms with Crippen molar-refractivity contribution in [3.05, 3.63) is 35.4 Å². The minimum atomic E-state index is 0.0137. The van der Waals surface area contributed by atoms with E-state index in [0.717, 1.165) is 19.4 Å². The highest BCUT2D eigenvalue weighted by atomic mass is 16.5. The van der Waals surface area contributed by atoms with E-state index in [1.807, 2.05) is 4.90 Å². The lowest BCUT2D eigenvalue weighted by Crippen LogP contribution is -2.53. The van der Waals surface area contributed by atoms with Crippen LogP contribution in [0.15, 0.2) is 24.3 Å². The summed E-state index contributed by atoms with van der Waals surface area (Å²) in [7, 11) is 0. The monoisotopic (exact) mass is 344 g/mol. The Bertz CT molecular complexity index is 611. The summed E-state index contributed by atoms with van der Waals surface area (Å²) < 4.78 is 11.6. The van der Waals surface area contributed by atoms with Crippen LogP contribution in [0.3, 0.4) is 0 Å². The zero-order valence-electron chi connectivity index (χ0n) is 14.9. The third-order valence-corrected chi connectivity index (χ3v) is 5.66. The van der Waals surface area contributed by atoms with Crippen molar-refractivity contribution in [2.75, 3.05) is 26.3 Å². The predicted molar refractivity (Wildman–Crippen MR) is 95.5 cm³/mol. The summed E-state index contributed by atoms with van der Waals surface area (Å²) in [5, 5.41) is 3.31. The lowest BCUT2D eigenvalue weighted by molar-refractivity contribution is -0.0850. The van der Waals surface area contributed by atoms with Gasteiger partial charge in [-0.2, -0.15) is 0 Å². The lowest BCUT2D eigenvalue weighted by Gasteiger charge is -2.36. The number of nitrogens with zero attached hydrogens (tertiary/aromatic N) is 1. The number of hydrogen-bond donors (Lipinski definition) is 1. The Kier molecular flexibility index (Phi) is 4.95. The molecule has 136 valence electrons. The van der Waals surface area contributed by atoms with E-state index in [0.29, 0.717) is 25.6 Å². The van der Waals surface area contributed by atoms with Crippen molar-refractivity contribution in [2.24, 2.45) is 5.92 Å². The number of morpholine rings is 1. The Morgan fingerprint density at radius 1 is 1.16 bits per heavy atom. The van der Waals surface area contributed by atoms with Crippen LogP contribution in [-0.4, -0.2) is 49.4 Å². The third kappa shape index (κ3) is 3.82. The second-order valence-corrected chi connectivity index (χ2v) is 7.53. The Balaban J connectivity index is 1.42. The molecule has 0 aromatic heterocycles. The SMILES string of the molecule is Cc1ccccc1C(NC(=O)N1CCOC(C2CCCO2)C1)C1CC1. The molecule has 5 heteroatoms. The van der Waals surface area contributed by atoms with Crippen molar-refractivity contribution in [3.63, 3.8) is 0 Å². The van der Waals surface area contributed by atoms with Gasteiger partial charge in [0.25, 0.3) is 0 Å². The largest absolute Gasteiger partial charge is 0.375 e. The van der Waals surface area contributed by atoms with Crippen LogP contribution in [0.1, 0.15) is 42.9 Å². The van der Waals surface area contributed by atoms with Crippen molar-refractivity contribution in [3.8, 4) is 0 Å². The second kappa shape index (κ2) is 7.34. The Morgan fingerprint density at radius 2 is 1.96 bits per heavy atom. The van der Waals surface area contributed by atoms with E-state index >= 15 is 0 Å². The molecule has 4 rings (SSSR count). The Hall–Kier alpha value is -1.59. The second-order valence-electron chi connectivity index (χ2n) is 7.53. The van der Waals surface area contributed by atoms with E-state index in [9.17, 15) is 4.79 Å². The van der Waals surface area contributed by atoms with E-state index in [1.54, 1.807) is 0 Å². The molecule has 2 aliphatic heterocycles. The van der Waals surface area contributed by atoms with Gasteiger partial charge in [-0.1, -0.05) is 24.3 Å². The molecule has 1 aliphatic carbocycles. The number of ether oxygens (including phenoxy) is 2. The first-order chi connectivity index (χ1) is 12.2. The molecule has 1 saturated carbocycles. The summed E-state index contributed by atoms with van der Waals surface area (Å²) in [5.41, 5.74) is 2.50. The molecule has 5 nitrogen and oxygen atoms in total. The summed E-state index contributed by atoms with van der Waals surface area (Å²) in [6, 6.07) is 8.54. The van der Waals surface area contributed by atoms with E-state index in [1.165, 1.54) is 24.0 Å². The number of carbonyl (C=O) groups is 1. The standard InChI is InChI=1S/C20H28N2O3/c1-14-5-2-3-6-16(14)19(15-8-9-15)21-20(23)22-10-12-25-18(13-22)17-7-4-11-24-17/h2-3,5-6,15,17-19H,4,7-13H2,1H3,(H,21,23). The van der Waals surface area contributed by atoms with Crippen LogP contribution in [0.2, 0.25) is 0 Å². The van der Waals surface area contributed by atoms with Gasteiger partial charge in [0.1, 0.15) is 6.10 Å². The summed E-state index contributed by atoms with van der Waals surface area (Å²) in [5.74, 6) is 0.569. The summed E-state index contributed by atoms with van der Waals surface area (Å²) >= 11 is 0. The van der Waals surface area contributed by atoms with Crippen molar-refractivity contribution < 1.29 is 14.3 Å². The topological polar surface area (TPSA) is 50.8 Å². The number of benzene rings is 1. The van der Waals surface area contributed by atoms with Crippen molar-refractivity contribution in [1.82, 2.24) is 10.2 Å². The number of nitrogens with one attached hydrogen (secondary N) is 1. The normalized spacial score (nSPS) is 28.0. The quantitative estimate of drug-likeness (QED) is 0.913. The van der Waals surface area contributed by atoms with Crippen LogP contribution in [0, 0.1) is 12.8 Å². The van der Waals surface area contributed by atoms with Crippen LogP contribution < -0.4 is 5.32 Å². The molecule has 1 aromatic carbocycles. The molecule has 2 saturated heterocycles. The minimum Gasteiger partial charge on any atom is -0.375 e. The Labute approximate surface area is 149 Å². The van der Waals surface area contributed by atoms with Crippen LogP contribution in [-0.2, 0) is 9.47 Å². The van der Waals surface area contributed by atoms with Crippen molar-refractivity contribution >= 4 is 6.03 Å². The molecule has 0 spiro atoms. The molecule has 2 amide bonds. The summed E-state index contributed by atoms with van der Waals surface area (Å²) in [4.78, 5) is 14.8. The number of amides is 2. The third-order valence-electron chi connectivity index (χ3n) is 5.66. The number of urea groups is 1. The van der Waals surface area contributed by atoms with E-state index in [4.69, 9.17) is 9.47 Å². The molecular weight excluding hydrogens is 316 g/mol. The van der Waals surface area contributed by atoms with Gasteiger partial charge in [-0.05, 0) is 49.7 Å². The highest BCUT2D eigenvalue weighted by Crippen LogP contribution is 2.42. The maximum absolute atomic E-state index is 12.9. The van der Waals surface area contributed by atoms with Crippen LogP contribution in [0.4, 0.5) is 4.79 Å². The maximum Gasteiger partial charge on any atom is 0.318 e. The molecule has 2 heterocycles. The number of rotatable bonds is 4. The van der Waals surface area contributed by atoms with Gasteiger partial charge in [-0.25, -0.2) is 4.79 Å². The van der Waals surface area contributed by atoms with Crippen molar-refractivity contribution in [2.45, 2.75) is 50.9 Å². The van der Waals surface area contributed by atoms with Gasteiger partial charge in [0, 0.05) is 13.2 Å². The minimum absolute atomic E-state index is 0.0137. The smallest absolute Gasteiger partial charge is 0.318 e. The van der Waals surface area contributed by atoms with E-state index in [2.05, 4.69) is 36.5 Å². The summed E-state index contributed by atoms with van der Waals surface area (Å²) in [6.45, 7) is 4.81.